The van der Waals surface area contributed by atoms with Crippen molar-refractivity contribution in [2.24, 2.45) is 0 Å². The molecule has 4 nitrogen and oxygen atoms in total. The van der Waals surface area contributed by atoms with Crippen molar-refractivity contribution in [3.63, 3.8) is 0 Å². The van der Waals surface area contributed by atoms with Gasteiger partial charge in [0.25, 0.3) is 5.91 Å². The number of pyridine rings is 1. The normalized spacial score (nSPS) is 11.7. The van der Waals surface area contributed by atoms with Gasteiger partial charge in [-0.3, -0.25) is 4.79 Å². The van der Waals surface area contributed by atoms with Crippen LogP contribution in [0.5, 0.6) is 0 Å². The van der Waals surface area contributed by atoms with Crippen LogP contribution < -0.4 is 11.1 Å². The molecule has 3 N–H and O–H groups in total. The van der Waals surface area contributed by atoms with Gasteiger partial charge in [-0.05, 0) is 36.8 Å². The van der Waals surface area contributed by atoms with Crippen molar-refractivity contribution in [1.29, 1.82) is 0 Å². The van der Waals surface area contributed by atoms with E-state index in [9.17, 15) is 18.0 Å². The van der Waals surface area contributed by atoms with Gasteiger partial charge in [-0.25, -0.2) is 4.98 Å². The lowest BCUT2D eigenvalue weighted by Crippen LogP contribution is -2.11. The number of fused-ring (bicyclic) bond motifs is 1. The molecule has 0 fully saturated rings. The fourth-order valence-corrected chi connectivity index (χ4v) is 3.63. The maximum atomic E-state index is 12.9. The van der Waals surface area contributed by atoms with E-state index in [1.165, 1.54) is 6.92 Å². The molecule has 0 bridgehead atoms. The first-order valence-electron chi connectivity index (χ1n) is 7.00. The summed E-state index contributed by atoms with van der Waals surface area (Å²) in [5.74, 6) is -0.532. The van der Waals surface area contributed by atoms with Gasteiger partial charge in [-0.15, -0.1) is 11.3 Å². The van der Waals surface area contributed by atoms with Crippen molar-refractivity contribution in [2.75, 3.05) is 11.1 Å². The average Bonchev–Trinajstić information content (AvgIpc) is 2.84. The molecule has 25 heavy (non-hydrogen) atoms. The lowest BCUT2D eigenvalue weighted by Gasteiger charge is -2.07. The van der Waals surface area contributed by atoms with Gasteiger partial charge in [0.05, 0.1) is 5.69 Å². The molecular formula is C16H11ClF3N3OS. The second-order valence-electron chi connectivity index (χ2n) is 5.31. The second-order valence-corrected chi connectivity index (χ2v) is 6.75. The van der Waals surface area contributed by atoms with Crippen molar-refractivity contribution in [1.82, 2.24) is 4.98 Å². The Labute approximate surface area is 149 Å². The summed E-state index contributed by atoms with van der Waals surface area (Å²) in [4.78, 5) is 16.2. The van der Waals surface area contributed by atoms with Crippen LogP contribution in [-0.4, -0.2) is 10.9 Å². The van der Waals surface area contributed by atoms with Gasteiger partial charge in [0, 0.05) is 16.1 Å². The number of carbonyl (C=O) groups excluding carboxylic acids is 1. The number of alkyl halides is 3. The monoisotopic (exact) mass is 385 g/mol. The minimum atomic E-state index is -4.57. The van der Waals surface area contributed by atoms with Crippen LogP contribution in [0.2, 0.25) is 5.02 Å². The highest BCUT2D eigenvalue weighted by atomic mass is 35.5. The predicted octanol–water partition coefficient (Wildman–Crippen LogP) is 5.11. The summed E-state index contributed by atoms with van der Waals surface area (Å²) in [6.07, 6.45) is -4.57. The number of nitrogens with two attached hydrogens (primary N) is 1. The molecule has 9 heteroatoms. The molecule has 0 radical (unpaired) electrons. The maximum absolute atomic E-state index is 12.9. The lowest BCUT2D eigenvalue weighted by molar-refractivity contribution is -0.141. The Morgan fingerprint density at radius 2 is 2.04 bits per heavy atom. The van der Waals surface area contributed by atoms with Crippen molar-refractivity contribution >= 4 is 50.4 Å². The number of carbonyl (C=O) groups is 1. The molecule has 0 aliphatic heterocycles. The second kappa shape index (κ2) is 6.20. The van der Waals surface area contributed by atoms with E-state index in [0.717, 1.165) is 17.4 Å². The van der Waals surface area contributed by atoms with Gasteiger partial charge in [0.15, 0.2) is 0 Å². The smallest absolute Gasteiger partial charge is 0.397 e. The highest BCUT2D eigenvalue weighted by Crippen LogP contribution is 2.38. The minimum Gasteiger partial charge on any atom is -0.397 e. The molecule has 130 valence electrons. The van der Waals surface area contributed by atoms with E-state index in [2.05, 4.69) is 10.3 Å². The van der Waals surface area contributed by atoms with Crippen molar-refractivity contribution in [2.45, 2.75) is 13.1 Å². The summed E-state index contributed by atoms with van der Waals surface area (Å²) in [5, 5.41) is 3.42. The van der Waals surface area contributed by atoms with Crippen LogP contribution in [0, 0.1) is 6.92 Å². The molecule has 0 atom stereocenters. The van der Waals surface area contributed by atoms with Crippen LogP contribution in [0.15, 0.2) is 30.3 Å². The summed E-state index contributed by atoms with van der Waals surface area (Å²) in [6.45, 7) is 1.50. The first-order valence-corrected chi connectivity index (χ1v) is 8.20. The van der Waals surface area contributed by atoms with E-state index >= 15 is 0 Å². The van der Waals surface area contributed by atoms with Crippen LogP contribution in [0.25, 0.3) is 10.2 Å². The number of nitrogens with one attached hydrogen (secondary N) is 1. The number of nitrogen functional groups attached to an aromatic ring is 1. The zero-order valence-electron chi connectivity index (χ0n) is 12.7. The quantitative estimate of drug-likeness (QED) is 0.644. The number of amides is 1. The third kappa shape index (κ3) is 3.40. The third-order valence-electron chi connectivity index (χ3n) is 3.48. The van der Waals surface area contributed by atoms with E-state index < -0.39 is 17.8 Å². The van der Waals surface area contributed by atoms with Crippen molar-refractivity contribution in [3.05, 3.63) is 51.5 Å². The van der Waals surface area contributed by atoms with Gasteiger partial charge in [0.1, 0.15) is 15.4 Å². The number of hydrogen-bond acceptors (Lipinski definition) is 4. The standard InChI is InChI=1S/C16H11ClF3N3OS/c1-7-5-10(16(18,19)20)23-15-11(7)12(21)13(25-15)14(24)22-9-4-2-3-8(17)6-9/h2-6H,21H2,1H3,(H,22,24). The SMILES string of the molecule is Cc1cc(C(F)(F)F)nc2sc(C(=O)Nc3cccc(Cl)c3)c(N)c12. The number of nitrogens with zero attached hydrogens (tertiary/aromatic N) is 1. The van der Waals surface area contributed by atoms with E-state index in [-0.39, 0.29) is 15.4 Å². The fraction of sp³-hybridized carbons (Fsp3) is 0.125. The molecule has 2 heterocycles. The van der Waals surface area contributed by atoms with Gasteiger partial charge < -0.3 is 11.1 Å². The topological polar surface area (TPSA) is 68.0 Å². The molecular weight excluding hydrogens is 375 g/mol. The molecule has 3 aromatic rings. The van der Waals surface area contributed by atoms with Gasteiger partial charge in [0.2, 0.25) is 0 Å². The highest BCUT2D eigenvalue weighted by Gasteiger charge is 2.34. The number of hydrogen-bond donors (Lipinski definition) is 2. The van der Waals surface area contributed by atoms with Crippen LogP contribution >= 0.6 is 22.9 Å². The molecule has 1 amide bonds. The predicted molar refractivity (Wildman–Crippen MR) is 93.2 cm³/mol. The number of thiophene rings is 1. The van der Waals surface area contributed by atoms with Gasteiger partial charge in [-0.1, -0.05) is 17.7 Å². The summed E-state index contributed by atoms with van der Waals surface area (Å²) < 4.78 is 38.7. The van der Waals surface area contributed by atoms with E-state index in [1.807, 2.05) is 0 Å². The molecule has 2 aromatic heterocycles. The molecule has 0 saturated carbocycles. The highest BCUT2D eigenvalue weighted by molar-refractivity contribution is 7.21. The van der Waals surface area contributed by atoms with Gasteiger partial charge >= 0.3 is 6.18 Å². The zero-order valence-corrected chi connectivity index (χ0v) is 14.3. The minimum absolute atomic E-state index is 0.0704. The Morgan fingerprint density at radius 1 is 1.32 bits per heavy atom. The first kappa shape index (κ1) is 17.5. The Balaban J connectivity index is 2.03. The van der Waals surface area contributed by atoms with Crippen LogP contribution in [-0.2, 0) is 6.18 Å². The lowest BCUT2D eigenvalue weighted by atomic mass is 10.1. The Kier molecular flexibility index (Phi) is 4.34. The molecule has 0 saturated heterocycles. The number of aryl methyl sites for hydroxylation is 1. The van der Waals surface area contributed by atoms with Gasteiger partial charge in [-0.2, -0.15) is 13.2 Å². The summed E-state index contributed by atoms with van der Waals surface area (Å²) >= 11 is 6.68. The molecule has 0 aliphatic rings. The third-order valence-corrected chi connectivity index (χ3v) is 4.81. The van der Waals surface area contributed by atoms with Crippen molar-refractivity contribution < 1.29 is 18.0 Å². The van der Waals surface area contributed by atoms with E-state index in [0.29, 0.717) is 21.7 Å². The summed E-state index contributed by atoms with van der Waals surface area (Å²) in [7, 11) is 0. The largest absolute Gasteiger partial charge is 0.433 e. The summed E-state index contributed by atoms with van der Waals surface area (Å²) in [5.41, 5.74) is 5.85. The Hall–Kier alpha value is -2.32. The Bertz CT molecular complexity index is 985. The number of anilines is 2. The maximum Gasteiger partial charge on any atom is 0.433 e. The summed E-state index contributed by atoms with van der Waals surface area (Å²) in [6, 6.07) is 7.42. The zero-order chi connectivity index (χ0) is 18.4. The molecule has 0 unspecified atom stereocenters. The average molecular weight is 386 g/mol. The molecule has 1 aromatic carbocycles. The van der Waals surface area contributed by atoms with Crippen molar-refractivity contribution in [3.8, 4) is 0 Å². The molecule has 0 aliphatic carbocycles. The number of halogens is 4. The first-order chi connectivity index (χ1) is 11.7. The van der Waals surface area contributed by atoms with Crippen LogP contribution in [0.1, 0.15) is 20.9 Å². The van der Waals surface area contributed by atoms with Crippen LogP contribution in [0.4, 0.5) is 24.5 Å². The molecule has 0 spiro atoms. The van der Waals surface area contributed by atoms with Crippen LogP contribution in [0.3, 0.4) is 0 Å². The Morgan fingerprint density at radius 3 is 2.68 bits per heavy atom. The number of aromatic nitrogens is 1. The number of benzene rings is 1. The molecule has 3 rings (SSSR count). The fourth-order valence-electron chi connectivity index (χ4n) is 2.38. The van der Waals surface area contributed by atoms with E-state index in [1.54, 1.807) is 24.3 Å². The van der Waals surface area contributed by atoms with E-state index in [4.69, 9.17) is 17.3 Å². The number of rotatable bonds is 2.